The maximum absolute atomic E-state index is 12.4. The normalized spacial score (nSPS) is 15.6. The number of nitrogens with zero attached hydrogens (tertiary/aromatic N) is 1. The van der Waals surface area contributed by atoms with Crippen molar-refractivity contribution in [3.63, 3.8) is 0 Å². The van der Waals surface area contributed by atoms with Gasteiger partial charge >= 0.3 is 5.97 Å². The van der Waals surface area contributed by atoms with Crippen LogP contribution in [0.4, 0.5) is 5.69 Å². The van der Waals surface area contributed by atoms with Crippen molar-refractivity contribution in [3.8, 4) is 0 Å². The summed E-state index contributed by atoms with van der Waals surface area (Å²) in [5, 5.41) is 13.6. The smallest absolute Gasteiger partial charge is 0.347 e. The first-order chi connectivity index (χ1) is 15.7. The average Bonchev–Trinajstić information content (AvgIpc) is 3.29. The highest BCUT2D eigenvalue weighted by Gasteiger charge is 2.24. The molecule has 2 heterocycles. The summed E-state index contributed by atoms with van der Waals surface area (Å²) in [7, 11) is -3.83. The largest absolute Gasteiger partial charge is 0.477 e. The Balaban J connectivity index is 1.43. The van der Waals surface area contributed by atoms with Crippen LogP contribution in [0.3, 0.4) is 0 Å². The number of hydrogen-bond acceptors (Lipinski definition) is 6. The van der Waals surface area contributed by atoms with Crippen molar-refractivity contribution in [2.45, 2.75) is 43.9 Å². The summed E-state index contributed by atoms with van der Waals surface area (Å²) < 4.78 is 27.3. The van der Waals surface area contributed by atoms with Crippen molar-refractivity contribution >= 4 is 38.9 Å². The minimum atomic E-state index is -3.83. The second-order valence-electron chi connectivity index (χ2n) is 8.56. The number of anilines is 1. The van der Waals surface area contributed by atoms with Crippen molar-refractivity contribution < 1.29 is 23.1 Å². The van der Waals surface area contributed by atoms with Gasteiger partial charge in [-0.2, -0.15) is 0 Å². The molecule has 3 N–H and O–H groups in total. The van der Waals surface area contributed by atoms with Crippen molar-refractivity contribution in [2.24, 2.45) is 5.92 Å². The molecule has 180 valence electrons. The molecule has 0 spiro atoms. The predicted octanol–water partition coefficient (Wildman–Crippen LogP) is 3.59. The summed E-state index contributed by atoms with van der Waals surface area (Å²) in [6.45, 7) is 6.62. The van der Waals surface area contributed by atoms with Crippen molar-refractivity contribution in [3.05, 3.63) is 46.2 Å². The number of nitrogens with one attached hydrogen (secondary N) is 2. The van der Waals surface area contributed by atoms with Gasteiger partial charge in [0.2, 0.25) is 15.9 Å². The second kappa shape index (κ2) is 11.2. The van der Waals surface area contributed by atoms with Crippen LogP contribution in [0.2, 0.25) is 0 Å². The Hall–Kier alpha value is -2.27. The molecule has 1 aliphatic heterocycles. The van der Waals surface area contributed by atoms with E-state index < -0.39 is 16.0 Å². The molecular formula is C23H31N3O5S2. The number of benzene rings is 1. The maximum Gasteiger partial charge on any atom is 0.347 e. The van der Waals surface area contributed by atoms with Crippen molar-refractivity contribution in [2.75, 3.05) is 31.5 Å². The van der Waals surface area contributed by atoms with Gasteiger partial charge in [0.25, 0.3) is 0 Å². The van der Waals surface area contributed by atoms with E-state index in [0.717, 1.165) is 49.5 Å². The van der Waals surface area contributed by atoms with E-state index in [2.05, 4.69) is 27.1 Å². The highest BCUT2D eigenvalue weighted by atomic mass is 32.2. The zero-order valence-electron chi connectivity index (χ0n) is 18.9. The highest BCUT2D eigenvalue weighted by Crippen LogP contribution is 2.29. The van der Waals surface area contributed by atoms with Gasteiger partial charge in [0, 0.05) is 18.2 Å². The lowest BCUT2D eigenvalue weighted by atomic mass is 9.89. The Morgan fingerprint density at radius 2 is 1.94 bits per heavy atom. The number of carbonyl (C=O) groups excluding carboxylic acids is 1. The van der Waals surface area contributed by atoms with Crippen LogP contribution in [-0.2, 0) is 14.8 Å². The van der Waals surface area contributed by atoms with Crippen LogP contribution in [0.5, 0.6) is 0 Å². The third kappa shape index (κ3) is 6.86. The van der Waals surface area contributed by atoms with Crippen LogP contribution in [0.25, 0.3) is 0 Å². The molecule has 0 aliphatic carbocycles. The van der Waals surface area contributed by atoms with Gasteiger partial charge in [-0.3, -0.25) is 4.79 Å². The molecule has 33 heavy (non-hydrogen) atoms. The third-order valence-electron chi connectivity index (χ3n) is 5.79. The molecule has 1 aromatic carbocycles. The summed E-state index contributed by atoms with van der Waals surface area (Å²) in [6, 6.07) is 9.38. The quantitative estimate of drug-likeness (QED) is 0.436. The molecule has 1 aromatic heterocycles. The van der Waals surface area contributed by atoms with Crippen LogP contribution in [0.15, 0.2) is 40.6 Å². The van der Waals surface area contributed by atoms with Gasteiger partial charge in [-0.05, 0) is 74.0 Å². The number of likely N-dealkylation sites (tertiary alicyclic amines) is 1. The van der Waals surface area contributed by atoms with E-state index in [0.29, 0.717) is 12.3 Å². The van der Waals surface area contributed by atoms with E-state index in [-0.39, 0.29) is 28.1 Å². The molecule has 0 saturated carbocycles. The number of hydrogen-bond donors (Lipinski definition) is 3. The van der Waals surface area contributed by atoms with E-state index >= 15 is 0 Å². The maximum atomic E-state index is 12.4. The number of thiophene rings is 1. The van der Waals surface area contributed by atoms with Crippen molar-refractivity contribution in [1.82, 2.24) is 9.62 Å². The fraction of sp³-hybridized carbons (Fsp3) is 0.478. The zero-order chi connectivity index (χ0) is 24.0. The Labute approximate surface area is 199 Å². The molecule has 8 nitrogen and oxygen atoms in total. The number of carboxylic acid groups (broad SMARTS) is 1. The number of rotatable bonds is 10. The van der Waals surface area contributed by atoms with Gasteiger partial charge in [0.1, 0.15) is 9.77 Å². The number of carbonyl (C=O) groups is 2. The average molecular weight is 494 g/mol. The van der Waals surface area contributed by atoms with Gasteiger partial charge in [0.05, 0.1) is 0 Å². The minimum absolute atomic E-state index is 0.00998. The summed E-state index contributed by atoms with van der Waals surface area (Å²) >= 11 is 0.902. The number of piperidine rings is 1. The van der Waals surface area contributed by atoms with Crippen molar-refractivity contribution in [1.29, 1.82) is 0 Å². The summed E-state index contributed by atoms with van der Waals surface area (Å²) in [4.78, 5) is 25.1. The zero-order valence-corrected chi connectivity index (χ0v) is 20.5. The number of aromatic carboxylic acids is 1. The molecule has 2 aromatic rings. The van der Waals surface area contributed by atoms with Gasteiger partial charge in [0.15, 0.2) is 0 Å². The van der Waals surface area contributed by atoms with Crippen LogP contribution >= 0.6 is 11.3 Å². The first kappa shape index (κ1) is 25.4. The molecule has 0 radical (unpaired) electrons. The molecule has 1 fully saturated rings. The van der Waals surface area contributed by atoms with Crippen LogP contribution in [0, 0.1) is 5.92 Å². The number of amides is 1. The van der Waals surface area contributed by atoms with Crippen LogP contribution in [-0.4, -0.2) is 56.5 Å². The van der Waals surface area contributed by atoms with Gasteiger partial charge in [-0.15, -0.1) is 11.3 Å². The number of carboxylic acids is 1. The van der Waals surface area contributed by atoms with E-state index in [1.165, 1.54) is 17.0 Å². The van der Waals surface area contributed by atoms with Crippen LogP contribution in [0.1, 0.15) is 54.3 Å². The standard InChI is InChI=1S/C23H31N3O5S2/c1-16(2)22(27)25-19-6-3-5-18(15-19)17-7-12-26(13-8-17)11-4-10-24-33(30,31)20-9-14-32-21(20)23(28)29/h3,5-6,9,14-17,24H,4,7-8,10-13H2,1-2H3,(H,25,27)(H,28,29). The first-order valence-corrected chi connectivity index (χ1v) is 13.5. The molecule has 1 saturated heterocycles. The van der Waals surface area contributed by atoms with E-state index in [1.807, 2.05) is 26.0 Å². The summed E-state index contributed by atoms with van der Waals surface area (Å²) in [5.41, 5.74) is 2.06. The molecule has 0 atom stereocenters. The van der Waals surface area contributed by atoms with E-state index in [9.17, 15) is 18.0 Å². The lowest BCUT2D eigenvalue weighted by Crippen LogP contribution is -2.35. The Kier molecular flexibility index (Phi) is 8.63. The van der Waals surface area contributed by atoms with Gasteiger partial charge in [-0.1, -0.05) is 26.0 Å². The van der Waals surface area contributed by atoms with Crippen LogP contribution < -0.4 is 10.0 Å². The molecular weight excluding hydrogens is 462 g/mol. The van der Waals surface area contributed by atoms with E-state index in [1.54, 1.807) is 0 Å². The second-order valence-corrected chi connectivity index (χ2v) is 11.2. The molecule has 0 unspecified atom stereocenters. The molecule has 0 bridgehead atoms. The molecule has 1 amide bonds. The summed E-state index contributed by atoms with van der Waals surface area (Å²) in [5.74, 6) is -0.855. The lowest BCUT2D eigenvalue weighted by Gasteiger charge is -2.32. The topological polar surface area (TPSA) is 116 Å². The lowest BCUT2D eigenvalue weighted by molar-refractivity contribution is -0.118. The number of sulfonamides is 1. The summed E-state index contributed by atoms with van der Waals surface area (Å²) in [6.07, 6.45) is 2.65. The Bertz CT molecular complexity index is 1070. The molecule has 1 aliphatic rings. The van der Waals surface area contributed by atoms with Gasteiger partial charge < -0.3 is 15.3 Å². The Morgan fingerprint density at radius 3 is 2.61 bits per heavy atom. The highest BCUT2D eigenvalue weighted by molar-refractivity contribution is 7.89. The molecule has 3 rings (SSSR count). The fourth-order valence-electron chi connectivity index (χ4n) is 3.90. The SMILES string of the molecule is CC(C)C(=O)Nc1cccc(C2CCN(CCCNS(=O)(=O)c3ccsc3C(=O)O)CC2)c1. The third-order valence-corrected chi connectivity index (χ3v) is 8.33. The predicted molar refractivity (Wildman–Crippen MR) is 129 cm³/mol. The van der Waals surface area contributed by atoms with Gasteiger partial charge in [-0.25, -0.2) is 17.9 Å². The van der Waals surface area contributed by atoms with E-state index in [4.69, 9.17) is 5.11 Å². The fourth-order valence-corrected chi connectivity index (χ4v) is 6.23. The monoisotopic (exact) mass is 493 g/mol. The minimum Gasteiger partial charge on any atom is -0.477 e. The molecule has 10 heteroatoms. The first-order valence-electron chi connectivity index (χ1n) is 11.1. The Morgan fingerprint density at radius 1 is 1.21 bits per heavy atom.